The van der Waals surface area contributed by atoms with Crippen LogP contribution >= 0.6 is 24.0 Å². The van der Waals surface area contributed by atoms with Gasteiger partial charge in [-0.2, -0.15) is 0 Å². The van der Waals surface area contributed by atoms with Gasteiger partial charge < -0.3 is 10.5 Å². The Labute approximate surface area is 125 Å². The molecule has 2 rings (SSSR count). The molecule has 104 valence electrons. The number of thioether (sulfide) groups is 1. The van der Waals surface area contributed by atoms with Crippen LogP contribution in [0.25, 0.3) is 0 Å². The molecule has 1 saturated carbocycles. The second-order valence-electron chi connectivity index (χ2n) is 5.21. The maximum Gasteiger partial charge on any atom is 0.131 e. The topological polar surface area (TPSA) is 35.2 Å². The van der Waals surface area contributed by atoms with Crippen LogP contribution in [-0.2, 0) is 0 Å². The lowest BCUT2D eigenvalue weighted by Gasteiger charge is -2.28. The van der Waals surface area contributed by atoms with Crippen molar-refractivity contribution in [2.24, 2.45) is 11.7 Å². The molecule has 1 fully saturated rings. The Bertz CT molecular complexity index is 461. The lowest BCUT2D eigenvalue weighted by molar-refractivity contribution is 0.129. The van der Waals surface area contributed by atoms with Crippen molar-refractivity contribution in [2.75, 3.05) is 6.26 Å². The minimum absolute atomic E-state index is 0.300. The Balaban J connectivity index is 2.21. The normalized spacial score (nSPS) is 23.1. The number of ether oxygens (including phenoxy) is 1. The summed E-state index contributed by atoms with van der Waals surface area (Å²) in [5.41, 5.74) is 6.75. The van der Waals surface area contributed by atoms with Gasteiger partial charge in [-0.3, -0.25) is 0 Å². The highest BCUT2D eigenvalue weighted by Gasteiger charge is 2.22. The van der Waals surface area contributed by atoms with Gasteiger partial charge in [0.05, 0.1) is 11.7 Å². The van der Waals surface area contributed by atoms with Crippen molar-refractivity contribution in [1.82, 2.24) is 0 Å². The third kappa shape index (κ3) is 3.63. The Morgan fingerprint density at radius 2 is 2.21 bits per heavy atom. The SMILES string of the molecule is CSc1cccc(OC2CCCC(C)C2)c1C(N)=S. The molecule has 0 aromatic heterocycles. The van der Waals surface area contributed by atoms with Crippen molar-refractivity contribution in [3.63, 3.8) is 0 Å². The summed E-state index contributed by atoms with van der Waals surface area (Å²) >= 11 is 6.83. The average molecular weight is 295 g/mol. The van der Waals surface area contributed by atoms with Crippen molar-refractivity contribution in [3.8, 4) is 5.75 Å². The number of benzene rings is 1. The van der Waals surface area contributed by atoms with Gasteiger partial charge in [0.25, 0.3) is 0 Å². The van der Waals surface area contributed by atoms with Crippen LogP contribution in [0.2, 0.25) is 0 Å². The van der Waals surface area contributed by atoms with E-state index < -0.39 is 0 Å². The van der Waals surface area contributed by atoms with E-state index in [0.717, 1.165) is 35.0 Å². The molecule has 0 amide bonds. The minimum atomic E-state index is 0.300. The van der Waals surface area contributed by atoms with E-state index in [2.05, 4.69) is 6.92 Å². The molecule has 2 N–H and O–H groups in total. The molecular formula is C15H21NOS2. The maximum atomic E-state index is 6.18. The van der Waals surface area contributed by atoms with Gasteiger partial charge in [-0.15, -0.1) is 11.8 Å². The molecule has 0 spiro atoms. The quantitative estimate of drug-likeness (QED) is 0.672. The molecule has 2 unspecified atom stereocenters. The van der Waals surface area contributed by atoms with E-state index in [1.165, 1.54) is 12.8 Å². The molecule has 1 aliphatic carbocycles. The first kappa shape index (κ1) is 14.7. The summed E-state index contributed by atoms with van der Waals surface area (Å²) in [6, 6.07) is 6.03. The van der Waals surface area contributed by atoms with Crippen LogP contribution in [-0.4, -0.2) is 17.3 Å². The number of hydrogen-bond donors (Lipinski definition) is 1. The molecule has 1 aliphatic rings. The zero-order valence-electron chi connectivity index (χ0n) is 11.5. The fourth-order valence-electron chi connectivity index (χ4n) is 2.69. The second kappa shape index (κ2) is 6.62. The summed E-state index contributed by atoms with van der Waals surface area (Å²) in [7, 11) is 0. The predicted octanol–water partition coefficient (Wildman–Crippen LogP) is 4.00. The summed E-state index contributed by atoms with van der Waals surface area (Å²) in [4.78, 5) is 1.51. The second-order valence-corrected chi connectivity index (χ2v) is 6.50. The summed E-state index contributed by atoms with van der Waals surface area (Å²) in [5, 5.41) is 0. The molecule has 0 radical (unpaired) electrons. The molecule has 1 aromatic rings. The zero-order chi connectivity index (χ0) is 13.8. The first-order chi connectivity index (χ1) is 9.11. The van der Waals surface area contributed by atoms with Gasteiger partial charge in [0.1, 0.15) is 10.7 Å². The largest absolute Gasteiger partial charge is 0.490 e. The monoisotopic (exact) mass is 295 g/mol. The van der Waals surface area contributed by atoms with Crippen LogP contribution in [0, 0.1) is 5.92 Å². The Morgan fingerprint density at radius 1 is 1.42 bits per heavy atom. The summed E-state index contributed by atoms with van der Waals surface area (Å²) in [5.74, 6) is 1.59. The highest BCUT2D eigenvalue weighted by Crippen LogP contribution is 2.32. The van der Waals surface area contributed by atoms with Crippen molar-refractivity contribution in [3.05, 3.63) is 23.8 Å². The van der Waals surface area contributed by atoms with Crippen LogP contribution in [0.15, 0.2) is 23.1 Å². The molecular weight excluding hydrogens is 274 g/mol. The zero-order valence-corrected chi connectivity index (χ0v) is 13.2. The molecule has 0 saturated heterocycles. The summed E-state index contributed by atoms with van der Waals surface area (Å²) in [6.45, 7) is 2.29. The van der Waals surface area contributed by atoms with Crippen molar-refractivity contribution in [2.45, 2.75) is 43.6 Å². The standard InChI is InChI=1S/C15H21NOS2/c1-10-5-3-6-11(9-10)17-12-7-4-8-13(19-2)14(12)15(16)18/h4,7-8,10-11H,3,5-6,9H2,1-2H3,(H2,16,18). The third-order valence-electron chi connectivity index (χ3n) is 3.64. The van der Waals surface area contributed by atoms with Gasteiger partial charge in [-0.25, -0.2) is 0 Å². The van der Waals surface area contributed by atoms with Gasteiger partial charge >= 0.3 is 0 Å². The Kier molecular flexibility index (Phi) is 5.11. The van der Waals surface area contributed by atoms with E-state index in [9.17, 15) is 0 Å². The summed E-state index contributed by atoms with van der Waals surface area (Å²) in [6.07, 6.45) is 7.14. The van der Waals surface area contributed by atoms with E-state index in [4.69, 9.17) is 22.7 Å². The fraction of sp³-hybridized carbons (Fsp3) is 0.533. The first-order valence-corrected chi connectivity index (χ1v) is 8.38. The maximum absolute atomic E-state index is 6.18. The third-order valence-corrected chi connectivity index (χ3v) is 4.62. The van der Waals surface area contributed by atoms with E-state index in [-0.39, 0.29) is 0 Å². The lowest BCUT2D eigenvalue weighted by atomic mass is 9.88. The minimum Gasteiger partial charge on any atom is -0.490 e. The summed E-state index contributed by atoms with van der Waals surface area (Å²) < 4.78 is 6.18. The average Bonchev–Trinajstić information content (AvgIpc) is 2.38. The van der Waals surface area contributed by atoms with Crippen LogP contribution in [0.5, 0.6) is 5.75 Å². The van der Waals surface area contributed by atoms with E-state index in [0.29, 0.717) is 11.1 Å². The molecule has 1 aromatic carbocycles. The van der Waals surface area contributed by atoms with E-state index in [1.807, 2.05) is 24.5 Å². The van der Waals surface area contributed by atoms with Crippen LogP contribution < -0.4 is 10.5 Å². The number of thiocarbonyl (C=S) groups is 1. The van der Waals surface area contributed by atoms with Gasteiger partial charge in [-0.1, -0.05) is 31.6 Å². The van der Waals surface area contributed by atoms with E-state index >= 15 is 0 Å². The number of rotatable bonds is 4. The Morgan fingerprint density at radius 3 is 2.84 bits per heavy atom. The van der Waals surface area contributed by atoms with Crippen molar-refractivity contribution >= 4 is 29.0 Å². The van der Waals surface area contributed by atoms with Crippen LogP contribution in [0.4, 0.5) is 0 Å². The molecule has 0 heterocycles. The van der Waals surface area contributed by atoms with E-state index in [1.54, 1.807) is 11.8 Å². The van der Waals surface area contributed by atoms with Gasteiger partial charge in [-0.05, 0) is 43.6 Å². The first-order valence-electron chi connectivity index (χ1n) is 6.75. The fourth-order valence-corrected chi connectivity index (χ4v) is 3.59. The smallest absolute Gasteiger partial charge is 0.131 e. The molecule has 2 nitrogen and oxygen atoms in total. The highest BCUT2D eigenvalue weighted by atomic mass is 32.2. The van der Waals surface area contributed by atoms with Crippen molar-refractivity contribution in [1.29, 1.82) is 0 Å². The molecule has 0 aliphatic heterocycles. The van der Waals surface area contributed by atoms with Gasteiger partial charge in [0.15, 0.2) is 0 Å². The van der Waals surface area contributed by atoms with Crippen molar-refractivity contribution < 1.29 is 4.74 Å². The number of hydrogen-bond acceptors (Lipinski definition) is 3. The number of nitrogens with two attached hydrogens (primary N) is 1. The highest BCUT2D eigenvalue weighted by molar-refractivity contribution is 7.98. The Hall–Kier alpha value is -0.740. The van der Waals surface area contributed by atoms with Gasteiger partial charge in [0.2, 0.25) is 0 Å². The van der Waals surface area contributed by atoms with Crippen LogP contribution in [0.1, 0.15) is 38.2 Å². The molecule has 19 heavy (non-hydrogen) atoms. The lowest BCUT2D eigenvalue weighted by Crippen LogP contribution is -2.25. The van der Waals surface area contributed by atoms with Gasteiger partial charge in [0, 0.05) is 4.90 Å². The predicted molar refractivity (Wildman–Crippen MR) is 86.2 cm³/mol. The molecule has 0 bridgehead atoms. The molecule has 2 atom stereocenters. The molecule has 4 heteroatoms. The van der Waals surface area contributed by atoms with Crippen LogP contribution in [0.3, 0.4) is 0 Å².